The van der Waals surface area contributed by atoms with Crippen LogP contribution in [0.1, 0.15) is 0 Å². The van der Waals surface area contributed by atoms with Crippen LogP contribution in [0.2, 0.25) is 0 Å². The molecular weight excluding hydrogens is 148 g/mol. The molecule has 1 heterocycles. The summed E-state index contributed by atoms with van der Waals surface area (Å²) < 4.78 is 3.97. The lowest BCUT2D eigenvalue weighted by Gasteiger charge is -1.80. The highest BCUT2D eigenvalue weighted by Crippen LogP contribution is 1.92. The average Bonchev–Trinajstić information content (AvgIpc) is 2.17. The zero-order valence-corrected chi connectivity index (χ0v) is 7.66. The van der Waals surface area contributed by atoms with E-state index in [0.717, 1.165) is 22.4 Å². The fourth-order valence-corrected chi connectivity index (χ4v) is 0.303. The van der Waals surface area contributed by atoms with Crippen LogP contribution in [0.15, 0.2) is 24.4 Å². The highest BCUT2D eigenvalue weighted by Gasteiger charge is 2.10. The molecule has 0 aliphatic carbocycles. The van der Waals surface area contributed by atoms with Gasteiger partial charge in [-0.3, -0.25) is 0 Å². The number of rotatable bonds is 0. The minimum Gasteiger partial charge on any atom is -0.387 e. The second kappa shape index (κ2) is 4.69. The molecule has 0 aromatic carbocycles. The van der Waals surface area contributed by atoms with Gasteiger partial charge in [0.05, 0.1) is 0 Å². The first-order valence-electron chi connectivity index (χ1n) is 2.71. The van der Waals surface area contributed by atoms with Crippen molar-refractivity contribution in [3.05, 3.63) is 24.4 Å². The first kappa shape index (κ1) is 8.84. The van der Waals surface area contributed by atoms with E-state index < -0.39 is 11.9 Å². The van der Waals surface area contributed by atoms with Crippen LogP contribution in [0.5, 0.6) is 0 Å². The molecule has 0 amide bonds. The molecule has 0 spiro atoms. The van der Waals surface area contributed by atoms with E-state index in [1.54, 1.807) is 0 Å². The summed E-state index contributed by atoms with van der Waals surface area (Å²) in [6.07, 6.45) is 2.17. The molecule has 54 valence electrons. The van der Waals surface area contributed by atoms with Gasteiger partial charge in [0.1, 0.15) is 0 Å². The molecule has 1 rings (SSSR count). The SMILES string of the molecule is C=C[SiH3].O=C1C=CC(=O)O1. The highest BCUT2D eigenvalue weighted by atomic mass is 28.1. The highest BCUT2D eigenvalue weighted by molar-refractivity contribution is 6.16. The largest absolute Gasteiger partial charge is 0.387 e. The monoisotopic (exact) mass is 156 g/mol. The van der Waals surface area contributed by atoms with Crippen LogP contribution >= 0.6 is 0 Å². The molecular formula is C6H8O3Si. The Morgan fingerprint density at radius 2 is 1.70 bits per heavy atom. The average molecular weight is 156 g/mol. The zero-order valence-electron chi connectivity index (χ0n) is 5.66. The van der Waals surface area contributed by atoms with Crippen molar-refractivity contribution in [2.75, 3.05) is 0 Å². The van der Waals surface area contributed by atoms with E-state index in [0.29, 0.717) is 0 Å². The number of esters is 2. The fraction of sp³-hybridized carbons (Fsp3) is 0. The molecule has 1 aliphatic heterocycles. The summed E-state index contributed by atoms with van der Waals surface area (Å²) in [4.78, 5) is 19.8. The summed E-state index contributed by atoms with van der Waals surface area (Å²) in [6.45, 7) is 3.42. The number of carbonyl (C=O) groups is 2. The van der Waals surface area contributed by atoms with Crippen LogP contribution < -0.4 is 0 Å². The number of cyclic esters (lactones) is 2. The second-order valence-corrected chi connectivity index (χ2v) is 2.30. The number of hydrogen-bond acceptors (Lipinski definition) is 3. The van der Waals surface area contributed by atoms with Crippen molar-refractivity contribution < 1.29 is 14.3 Å². The molecule has 0 radical (unpaired) electrons. The van der Waals surface area contributed by atoms with Crippen LogP contribution in [0, 0.1) is 0 Å². The minimum atomic E-state index is -0.579. The topological polar surface area (TPSA) is 43.4 Å². The Bertz CT molecular complexity index is 167. The van der Waals surface area contributed by atoms with E-state index in [1.807, 2.05) is 5.70 Å². The summed E-state index contributed by atoms with van der Waals surface area (Å²) in [6, 6.07) is 0. The molecule has 3 nitrogen and oxygen atoms in total. The van der Waals surface area contributed by atoms with Crippen molar-refractivity contribution in [3.63, 3.8) is 0 Å². The molecule has 0 unspecified atom stereocenters. The van der Waals surface area contributed by atoms with Gasteiger partial charge >= 0.3 is 11.9 Å². The molecule has 0 atom stereocenters. The maximum atomic E-state index is 9.92. The van der Waals surface area contributed by atoms with Gasteiger partial charge in [-0.25, -0.2) is 9.59 Å². The van der Waals surface area contributed by atoms with Gasteiger partial charge in [-0.2, -0.15) is 0 Å². The van der Waals surface area contributed by atoms with Gasteiger partial charge in [-0.15, -0.1) is 12.3 Å². The van der Waals surface area contributed by atoms with Crippen LogP contribution in [0.4, 0.5) is 0 Å². The third kappa shape index (κ3) is 3.79. The molecule has 0 bridgehead atoms. The van der Waals surface area contributed by atoms with Gasteiger partial charge in [0.15, 0.2) is 0 Å². The van der Waals surface area contributed by atoms with E-state index in [2.05, 4.69) is 11.3 Å². The minimum absolute atomic E-state index is 0.579. The van der Waals surface area contributed by atoms with Crippen molar-refractivity contribution in [3.8, 4) is 0 Å². The zero-order chi connectivity index (χ0) is 7.98. The second-order valence-electron chi connectivity index (χ2n) is 1.48. The molecule has 4 heteroatoms. The Labute approximate surface area is 61.8 Å². The Morgan fingerprint density at radius 1 is 1.40 bits per heavy atom. The van der Waals surface area contributed by atoms with Crippen molar-refractivity contribution in [2.45, 2.75) is 0 Å². The third-order valence-corrected chi connectivity index (χ3v) is 0.557. The molecule has 0 N–H and O–H groups in total. The van der Waals surface area contributed by atoms with Crippen LogP contribution in [-0.4, -0.2) is 22.2 Å². The molecule has 0 saturated heterocycles. The lowest BCUT2D eigenvalue weighted by molar-refractivity contribution is -0.150. The van der Waals surface area contributed by atoms with Crippen molar-refractivity contribution in [1.29, 1.82) is 0 Å². The van der Waals surface area contributed by atoms with Crippen LogP contribution in [-0.2, 0) is 14.3 Å². The van der Waals surface area contributed by atoms with Crippen LogP contribution in [0.3, 0.4) is 0 Å². The standard InChI is InChI=1S/C4H2O3.C2H6Si/c5-3-1-2-4(6)7-3;1-2-3/h1-2H;2H,1H2,3H3. The lowest BCUT2D eigenvalue weighted by atomic mass is 10.6. The van der Waals surface area contributed by atoms with Gasteiger partial charge in [0, 0.05) is 22.4 Å². The van der Waals surface area contributed by atoms with Crippen LogP contribution in [0.25, 0.3) is 0 Å². The normalized spacial score (nSPS) is 14.0. The Balaban J connectivity index is 0.000000236. The molecule has 0 aromatic heterocycles. The maximum Gasteiger partial charge on any atom is 0.338 e. The smallest absolute Gasteiger partial charge is 0.338 e. The third-order valence-electron chi connectivity index (χ3n) is 0.557. The van der Waals surface area contributed by atoms with Gasteiger partial charge in [-0.05, 0) is 0 Å². The summed E-state index contributed by atoms with van der Waals surface area (Å²) >= 11 is 0. The molecule has 0 aromatic rings. The van der Waals surface area contributed by atoms with Gasteiger partial charge < -0.3 is 4.74 Å². The number of ether oxygens (including phenoxy) is 1. The first-order valence-corrected chi connectivity index (χ1v) is 3.87. The Kier molecular flexibility index (Phi) is 4.15. The maximum absolute atomic E-state index is 9.92. The summed E-state index contributed by atoms with van der Waals surface area (Å²) in [7, 11) is 1.13. The predicted octanol–water partition coefficient (Wildman–Crippen LogP) is -0.879. The van der Waals surface area contributed by atoms with E-state index in [4.69, 9.17) is 0 Å². The Hall–Kier alpha value is -1.16. The van der Waals surface area contributed by atoms with E-state index in [9.17, 15) is 9.59 Å². The summed E-state index contributed by atoms with van der Waals surface area (Å²) in [5.74, 6) is -1.16. The molecule has 0 fully saturated rings. The van der Waals surface area contributed by atoms with E-state index >= 15 is 0 Å². The van der Waals surface area contributed by atoms with Crippen molar-refractivity contribution in [1.82, 2.24) is 0 Å². The lowest BCUT2D eigenvalue weighted by Crippen LogP contribution is -1.96. The van der Waals surface area contributed by atoms with Crippen molar-refractivity contribution >= 4 is 22.2 Å². The van der Waals surface area contributed by atoms with Gasteiger partial charge in [0.2, 0.25) is 0 Å². The van der Waals surface area contributed by atoms with E-state index in [-0.39, 0.29) is 0 Å². The quantitative estimate of drug-likeness (QED) is 0.260. The molecule has 0 saturated carbocycles. The first-order chi connectivity index (χ1) is 4.70. The summed E-state index contributed by atoms with van der Waals surface area (Å²) in [5.41, 5.74) is 1.89. The fourth-order valence-electron chi connectivity index (χ4n) is 0.303. The van der Waals surface area contributed by atoms with Gasteiger partial charge in [-0.1, -0.05) is 0 Å². The van der Waals surface area contributed by atoms with E-state index in [1.165, 1.54) is 0 Å². The molecule has 10 heavy (non-hydrogen) atoms. The summed E-state index contributed by atoms with van der Waals surface area (Å²) in [5, 5.41) is 0. The van der Waals surface area contributed by atoms with Crippen molar-refractivity contribution in [2.24, 2.45) is 0 Å². The van der Waals surface area contributed by atoms with Gasteiger partial charge in [0.25, 0.3) is 0 Å². The number of carbonyl (C=O) groups excluding carboxylic acids is 2. The number of hydrogen-bond donors (Lipinski definition) is 0. The molecule has 1 aliphatic rings. The predicted molar refractivity (Wildman–Crippen MR) is 40.4 cm³/mol. The Morgan fingerprint density at radius 3 is 1.80 bits per heavy atom.